The van der Waals surface area contributed by atoms with Gasteiger partial charge in [-0.2, -0.15) is 0 Å². The molecule has 0 spiro atoms. The number of hydrogen-bond acceptors (Lipinski definition) is 5. The highest BCUT2D eigenvalue weighted by Crippen LogP contribution is 2.39. The van der Waals surface area contributed by atoms with Crippen LogP contribution in [0.2, 0.25) is 0 Å². The van der Waals surface area contributed by atoms with Gasteiger partial charge < -0.3 is 10.1 Å². The Kier molecular flexibility index (Phi) is 5.81. The number of carbonyl (C=O) groups excluding carboxylic acids is 2. The minimum Gasteiger partial charge on any atom is -0.489 e. The van der Waals surface area contributed by atoms with Crippen LogP contribution in [0.3, 0.4) is 0 Å². The molecule has 140 valence electrons. The van der Waals surface area contributed by atoms with Crippen molar-refractivity contribution in [2.45, 2.75) is 32.8 Å². The lowest BCUT2D eigenvalue weighted by Crippen LogP contribution is -2.25. The fourth-order valence-electron chi connectivity index (χ4n) is 2.67. The number of nitrogens with one attached hydrogen (secondary N) is 1. The number of hydrogen-bond donors (Lipinski definition) is 1. The second-order valence-electron chi connectivity index (χ2n) is 6.21. The molecule has 0 saturated carbocycles. The molecule has 0 aliphatic carbocycles. The van der Waals surface area contributed by atoms with Crippen molar-refractivity contribution in [3.63, 3.8) is 0 Å². The molecule has 1 atom stereocenters. The first kappa shape index (κ1) is 19.0. The SMILES string of the molecule is CC(=O)NC1=NN(C(C)=O)C(c2cccc(OCc3ccccc3C)c2)S1. The van der Waals surface area contributed by atoms with Gasteiger partial charge in [0.1, 0.15) is 17.7 Å². The zero-order valence-corrected chi connectivity index (χ0v) is 16.2. The topological polar surface area (TPSA) is 71.0 Å². The number of benzene rings is 2. The summed E-state index contributed by atoms with van der Waals surface area (Å²) in [4.78, 5) is 23.2. The number of thioether (sulfide) groups is 1. The van der Waals surface area contributed by atoms with E-state index >= 15 is 0 Å². The Bertz CT molecular complexity index is 898. The predicted octanol–water partition coefficient (Wildman–Crippen LogP) is 3.58. The molecule has 0 bridgehead atoms. The monoisotopic (exact) mass is 383 g/mol. The van der Waals surface area contributed by atoms with E-state index in [2.05, 4.69) is 23.4 Å². The Balaban J connectivity index is 1.75. The van der Waals surface area contributed by atoms with Crippen LogP contribution < -0.4 is 10.1 Å². The van der Waals surface area contributed by atoms with Gasteiger partial charge in [0.25, 0.3) is 0 Å². The quantitative estimate of drug-likeness (QED) is 0.876. The van der Waals surface area contributed by atoms with E-state index in [1.54, 1.807) is 0 Å². The third kappa shape index (κ3) is 4.68. The summed E-state index contributed by atoms with van der Waals surface area (Å²) in [7, 11) is 0. The lowest BCUT2D eigenvalue weighted by Gasteiger charge is -2.20. The smallest absolute Gasteiger partial charge is 0.241 e. The van der Waals surface area contributed by atoms with Gasteiger partial charge in [-0.1, -0.05) is 48.2 Å². The fourth-order valence-corrected chi connectivity index (χ4v) is 3.80. The first-order valence-corrected chi connectivity index (χ1v) is 9.42. The first-order chi connectivity index (χ1) is 12.9. The summed E-state index contributed by atoms with van der Waals surface area (Å²) in [6, 6.07) is 15.7. The standard InChI is InChI=1S/C20H21N3O3S/c1-13-7-4-5-8-17(13)12-26-18-10-6-9-16(11-18)19-23(15(3)25)22-20(27-19)21-14(2)24/h4-11,19H,12H2,1-3H3,(H,21,22,24). The molecular weight excluding hydrogens is 362 g/mol. The van der Waals surface area contributed by atoms with Crippen LogP contribution in [0.4, 0.5) is 0 Å². The van der Waals surface area contributed by atoms with Crippen LogP contribution in [0.1, 0.15) is 35.9 Å². The summed E-state index contributed by atoms with van der Waals surface area (Å²) < 4.78 is 5.94. The summed E-state index contributed by atoms with van der Waals surface area (Å²) in [5.74, 6) is 0.299. The molecule has 1 unspecified atom stereocenters. The molecule has 0 aromatic heterocycles. The number of ether oxygens (including phenoxy) is 1. The molecule has 0 saturated heterocycles. The molecule has 6 nitrogen and oxygen atoms in total. The molecule has 0 radical (unpaired) electrons. The van der Waals surface area contributed by atoms with Crippen molar-refractivity contribution in [2.24, 2.45) is 5.10 Å². The largest absolute Gasteiger partial charge is 0.489 e. The van der Waals surface area contributed by atoms with E-state index in [4.69, 9.17) is 4.74 Å². The van der Waals surface area contributed by atoms with Gasteiger partial charge in [0.2, 0.25) is 11.8 Å². The number of aryl methyl sites for hydroxylation is 1. The summed E-state index contributed by atoms with van der Waals surface area (Å²) in [6.07, 6.45) is 0. The molecule has 1 aliphatic heterocycles. The number of amidine groups is 1. The van der Waals surface area contributed by atoms with Gasteiger partial charge in [0, 0.05) is 13.8 Å². The van der Waals surface area contributed by atoms with Crippen molar-refractivity contribution in [3.05, 3.63) is 65.2 Å². The molecule has 0 fully saturated rings. The lowest BCUT2D eigenvalue weighted by molar-refractivity contribution is -0.129. The Morgan fingerprint density at radius 1 is 1.19 bits per heavy atom. The van der Waals surface area contributed by atoms with E-state index in [9.17, 15) is 9.59 Å². The summed E-state index contributed by atoms with van der Waals surface area (Å²) in [6.45, 7) is 5.38. The Hall–Kier alpha value is -2.80. The van der Waals surface area contributed by atoms with Crippen molar-refractivity contribution < 1.29 is 14.3 Å². The van der Waals surface area contributed by atoms with Crippen LogP contribution in [0.5, 0.6) is 5.75 Å². The van der Waals surface area contributed by atoms with Gasteiger partial charge in [-0.3, -0.25) is 9.59 Å². The molecule has 7 heteroatoms. The van der Waals surface area contributed by atoms with E-state index in [0.29, 0.717) is 17.5 Å². The van der Waals surface area contributed by atoms with Gasteiger partial charge in [0.15, 0.2) is 5.17 Å². The van der Waals surface area contributed by atoms with Crippen molar-refractivity contribution in [1.29, 1.82) is 0 Å². The van der Waals surface area contributed by atoms with Gasteiger partial charge in [0.05, 0.1) is 0 Å². The van der Waals surface area contributed by atoms with Crippen LogP contribution in [0.15, 0.2) is 53.6 Å². The average molecular weight is 383 g/mol. The molecule has 2 aromatic rings. The van der Waals surface area contributed by atoms with Crippen LogP contribution in [0, 0.1) is 6.92 Å². The maximum absolute atomic E-state index is 12.0. The van der Waals surface area contributed by atoms with E-state index in [-0.39, 0.29) is 17.2 Å². The number of hydrazone groups is 1. The highest BCUT2D eigenvalue weighted by molar-refractivity contribution is 8.14. The third-order valence-corrected chi connectivity index (χ3v) is 5.15. The second kappa shape index (κ2) is 8.26. The minimum atomic E-state index is -0.341. The molecule has 27 heavy (non-hydrogen) atoms. The molecule has 1 heterocycles. The maximum atomic E-state index is 12.0. The second-order valence-corrected chi connectivity index (χ2v) is 7.28. The van der Waals surface area contributed by atoms with E-state index in [1.807, 2.05) is 42.5 Å². The zero-order valence-electron chi connectivity index (χ0n) is 15.4. The van der Waals surface area contributed by atoms with Crippen molar-refractivity contribution >= 4 is 28.7 Å². The van der Waals surface area contributed by atoms with Gasteiger partial charge in [-0.25, -0.2) is 5.01 Å². The number of rotatable bonds is 4. The highest BCUT2D eigenvalue weighted by Gasteiger charge is 2.32. The number of nitrogens with zero attached hydrogens (tertiary/aromatic N) is 2. The predicted molar refractivity (Wildman–Crippen MR) is 106 cm³/mol. The molecular formula is C20H21N3O3S. The molecule has 1 aliphatic rings. The summed E-state index contributed by atoms with van der Waals surface area (Å²) in [5, 5.41) is 8.29. The van der Waals surface area contributed by atoms with Crippen LogP contribution in [-0.4, -0.2) is 22.0 Å². The molecule has 2 aromatic carbocycles. The molecule has 1 N–H and O–H groups in total. The van der Waals surface area contributed by atoms with Crippen molar-refractivity contribution in [2.75, 3.05) is 0 Å². The maximum Gasteiger partial charge on any atom is 0.241 e. The van der Waals surface area contributed by atoms with Gasteiger partial charge in [-0.05, 0) is 35.7 Å². The van der Waals surface area contributed by atoms with Crippen molar-refractivity contribution in [3.8, 4) is 5.75 Å². The number of carbonyl (C=O) groups is 2. The minimum absolute atomic E-state index is 0.195. The molecule has 3 rings (SSSR count). The van der Waals surface area contributed by atoms with Crippen LogP contribution in [-0.2, 0) is 16.2 Å². The first-order valence-electron chi connectivity index (χ1n) is 8.54. The molecule has 2 amide bonds. The number of amides is 2. The third-order valence-electron chi connectivity index (χ3n) is 4.05. The summed E-state index contributed by atoms with van der Waals surface area (Å²) in [5.41, 5.74) is 3.18. The highest BCUT2D eigenvalue weighted by atomic mass is 32.2. The van der Waals surface area contributed by atoms with Gasteiger partial charge in [-0.15, -0.1) is 5.10 Å². The Morgan fingerprint density at radius 2 is 1.96 bits per heavy atom. The van der Waals surface area contributed by atoms with E-state index in [0.717, 1.165) is 11.1 Å². The fraction of sp³-hybridized carbons (Fsp3) is 0.250. The van der Waals surface area contributed by atoms with Crippen LogP contribution in [0.25, 0.3) is 0 Å². The zero-order chi connectivity index (χ0) is 19.4. The van der Waals surface area contributed by atoms with Crippen LogP contribution >= 0.6 is 11.8 Å². The lowest BCUT2D eigenvalue weighted by atomic mass is 10.1. The normalized spacial score (nSPS) is 16.0. The summed E-state index contributed by atoms with van der Waals surface area (Å²) >= 11 is 1.32. The Labute approximate surface area is 162 Å². The van der Waals surface area contributed by atoms with Gasteiger partial charge >= 0.3 is 0 Å². The van der Waals surface area contributed by atoms with E-state index < -0.39 is 0 Å². The van der Waals surface area contributed by atoms with Crippen molar-refractivity contribution in [1.82, 2.24) is 10.3 Å². The average Bonchev–Trinajstić information content (AvgIpc) is 3.05. The van der Waals surface area contributed by atoms with E-state index in [1.165, 1.54) is 36.2 Å². The Morgan fingerprint density at radius 3 is 2.67 bits per heavy atom.